The van der Waals surface area contributed by atoms with Crippen LogP contribution >= 0.6 is 11.8 Å². The molecule has 0 aromatic heterocycles. The third kappa shape index (κ3) is 7.23. The molecule has 0 radical (unpaired) electrons. The number of hydrogen-bond acceptors (Lipinski definition) is 4. The van der Waals surface area contributed by atoms with E-state index in [9.17, 15) is 4.79 Å². The van der Waals surface area contributed by atoms with Crippen molar-refractivity contribution in [3.8, 4) is 0 Å². The Labute approximate surface area is 140 Å². The fraction of sp³-hybridized carbons (Fsp3) is 0.941. The van der Waals surface area contributed by atoms with Gasteiger partial charge in [0.05, 0.1) is 0 Å². The van der Waals surface area contributed by atoms with Crippen LogP contribution in [0.5, 0.6) is 0 Å². The topological polar surface area (TPSA) is 41.6 Å². The Morgan fingerprint density at radius 3 is 2.64 bits per heavy atom. The average molecular weight is 331 g/mol. The highest BCUT2D eigenvalue weighted by atomic mass is 32.2. The zero-order valence-electron chi connectivity index (χ0n) is 15.1. The molecule has 0 aromatic rings. The van der Waals surface area contributed by atoms with Gasteiger partial charge in [-0.3, -0.25) is 0 Å². The molecule has 0 aliphatic carbocycles. The molecule has 1 fully saturated rings. The molecule has 0 aromatic carbocycles. The second kappa shape index (κ2) is 9.02. The van der Waals surface area contributed by atoms with E-state index in [-0.39, 0.29) is 6.09 Å². The third-order valence-corrected chi connectivity index (χ3v) is 4.92. The van der Waals surface area contributed by atoms with Crippen molar-refractivity contribution in [1.29, 1.82) is 0 Å². The van der Waals surface area contributed by atoms with Crippen LogP contribution in [-0.4, -0.2) is 52.8 Å². The van der Waals surface area contributed by atoms with E-state index < -0.39 is 5.60 Å². The maximum Gasteiger partial charge on any atom is 0.410 e. The van der Waals surface area contributed by atoms with Crippen LogP contribution in [0.15, 0.2) is 0 Å². The van der Waals surface area contributed by atoms with Crippen molar-refractivity contribution in [2.24, 2.45) is 0 Å². The number of nitrogens with one attached hydrogen (secondary N) is 1. The van der Waals surface area contributed by atoms with Gasteiger partial charge in [-0.25, -0.2) is 4.79 Å². The standard InChI is InChI=1S/C17H34N2O2S/c1-7-22-12-14(3)18-13(2)11-15-9-8-10-19(15)16(20)21-17(4,5)6/h13-15,18H,7-12H2,1-6H3. The van der Waals surface area contributed by atoms with E-state index in [0.29, 0.717) is 18.1 Å². The molecule has 1 rings (SSSR count). The quantitative estimate of drug-likeness (QED) is 0.769. The number of likely N-dealkylation sites (tertiary alicyclic amines) is 1. The van der Waals surface area contributed by atoms with Crippen molar-refractivity contribution in [2.75, 3.05) is 18.1 Å². The maximum atomic E-state index is 12.3. The molecule has 1 heterocycles. The number of thioether (sulfide) groups is 1. The zero-order valence-corrected chi connectivity index (χ0v) is 16.0. The van der Waals surface area contributed by atoms with Crippen LogP contribution in [0, 0.1) is 0 Å². The zero-order chi connectivity index (χ0) is 16.8. The van der Waals surface area contributed by atoms with E-state index in [1.807, 2.05) is 37.4 Å². The molecule has 4 nitrogen and oxygen atoms in total. The first-order chi connectivity index (χ1) is 10.2. The highest BCUT2D eigenvalue weighted by Gasteiger charge is 2.32. The SMILES string of the molecule is CCSCC(C)NC(C)CC1CCCN1C(=O)OC(C)(C)C. The Bertz CT molecular complexity index is 344. The van der Waals surface area contributed by atoms with Gasteiger partial charge < -0.3 is 15.0 Å². The largest absolute Gasteiger partial charge is 0.444 e. The molecule has 3 atom stereocenters. The lowest BCUT2D eigenvalue weighted by atomic mass is 10.1. The maximum absolute atomic E-state index is 12.3. The second-order valence-corrected chi connectivity index (χ2v) is 8.65. The third-order valence-electron chi connectivity index (χ3n) is 3.77. The van der Waals surface area contributed by atoms with E-state index in [0.717, 1.165) is 37.3 Å². The summed E-state index contributed by atoms with van der Waals surface area (Å²) in [7, 11) is 0. The first kappa shape index (κ1) is 19.6. The molecular weight excluding hydrogens is 296 g/mol. The number of rotatable bonds is 7. The van der Waals surface area contributed by atoms with Crippen LogP contribution < -0.4 is 5.32 Å². The Balaban J connectivity index is 2.44. The summed E-state index contributed by atoms with van der Waals surface area (Å²) in [6, 6.07) is 1.24. The Morgan fingerprint density at radius 2 is 2.05 bits per heavy atom. The summed E-state index contributed by atoms with van der Waals surface area (Å²) in [6.07, 6.45) is 3.01. The lowest BCUT2D eigenvalue weighted by Crippen LogP contribution is -2.44. The molecule has 22 heavy (non-hydrogen) atoms. The summed E-state index contributed by atoms with van der Waals surface area (Å²) in [5.74, 6) is 2.30. The van der Waals surface area contributed by atoms with Crippen molar-refractivity contribution < 1.29 is 9.53 Å². The van der Waals surface area contributed by atoms with Gasteiger partial charge in [0, 0.05) is 30.4 Å². The summed E-state index contributed by atoms with van der Waals surface area (Å²) < 4.78 is 5.53. The minimum Gasteiger partial charge on any atom is -0.444 e. The van der Waals surface area contributed by atoms with Gasteiger partial charge in [0.1, 0.15) is 5.60 Å². The van der Waals surface area contributed by atoms with Gasteiger partial charge in [0.2, 0.25) is 0 Å². The van der Waals surface area contributed by atoms with E-state index in [1.54, 1.807) is 0 Å². The summed E-state index contributed by atoms with van der Waals surface area (Å²) in [6.45, 7) is 13.2. The van der Waals surface area contributed by atoms with E-state index in [2.05, 4.69) is 26.1 Å². The molecule has 1 aliphatic heterocycles. The van der Waals surface area contributed by atoms with Crippen molar-refractivity contribution in [1.82, 2.24) is 10.2 Å². The number of hydrogen-bond donors (Lipinski definition) is 1. The van der Waals surface area contributed by atoms with Crippen LogP contribution in [0.2, 0.25) is 0 Å². The van der Waals surface area contributed by atoms with Crippen LogP contribution in [0.3, 0.4) is 0 Å². The molecule has 1 amide bonds. The Kier molecular flexibility index (Phi) is 8.04. The minimum atomic E-state index is -0.417. The van der Waals surface area contributed by atoms with E-state index in [4.69, 9.17) is 4.74 Å². The molecule has 1 saturated heterocycles. The average Bonchev–Trinajstić information content (AvgIpc) is 2.82. The van der Waals surface area contributed by atoms with Crippen molar-refractivity contribution >= 4 is 17.9 Å². The molecule has 3 unspecified atom stereocenters. The molecule has 1 aliphatic rings. The predicted octanol–water partition coefficient (Wildman–Crippen LogP) is 3.90. The Hall–Kier alpha value is -0.420. The van der Waals surface area contributed by atoms with Crippen LogP contribution in [-0.2, 0) is 4.74 Å². The van der Waals surface area contributed by atoms with Gasteiger partial charge in [-0.1, -0.05) is 6.92 Å². The lowest BCUT2D eigenvalue weighted by molar-refractivity contribution is 0.0214. The van der Waals surface area contributed by atoms with Crippen LogP contribution in [0.25, 0.3) is 0 Å². The van der Waals surface area contributed by atoms with Crippen LogP contribution in [0.1, 0.15) is 60.8 Å². The van der Waals surface area contributed by atoms with Gasteiger partial charge in [0.15, 0.2) is 0 Å². The number of nitrogens with zero attached hydrogens (tertiary/aromatic N) is 1. The summed E-state index contributed by atoms with van der Waals surface area (Å²) >= 11 is 1.97. The number of ether oxygens (including phenoxy) is 1. The van der Waals surface area contributed by atoms with Crippen molar-refractivity contribution in [3.05, 3.63) is 0 Å². The highest BCUT2D eigenvalue weighted by Crippen LogP contribution is 2.24. The molecule has 0 saturated carbocycles. The molecular formula is C17H34N2O2S. The van der Waals surface area contributed by atoms with Crippen molar-refractivity contribution in [3.63, 3.8) is 0 Å². The van der Waals surface area contributed by atoms with Crippen LogP contribution in [0.4, 0.5) is 4.79 Å². The normalized spacial score (nSPS) is 21.7. The summed E-state index contributed by atoms with van der Waals surface area (Å²) in [4.78, 5) is 14.2. The highest BCUT2D eigenvalue weighted by molar-refractivity contribution is 7.99. The monoisotopic (exact) mass is 330 g/mol. The minimum absolute atomic E-state index is 0.156. The smallest absolute Gasteiger partial charge is 0.410 e. The molecule has 5 heteroatoms. The van der Waals surface area contributed by atoms with Crippen molar-refractivity contribution in [2.45, 2.75) is 84.5 Å². The number of carbonyl (C=O) groups is 1. The first-order valence-electron chi connectivity index (χ1n) is 8.56. The van der Waals surface area contributed by atoms with Gasteiger partial charge >= 0.3 is 6.09 Å². The van der Waals surface area contributed by atoms with E-state index >= 15 is 0 Å². The molecule has 130 valence electrons. The molecule has 0 spiro atoms. The fourth-order valence-corrected chi connectivity index (χ4v) is 3.63. The second-order valence-electron chi connectivity index (χ2n) is 7.33. The van der Waals surface area contributed by atoms with Gasteiger partial charge in [-0.15, -0.1) is 0 Å². The fourth-order valence-electron chi connectivity index (χ4n) is 2.95. The number of amides is 1. The van der Waals surface area contributed by atoms with Gasteiger partial charge in [-0.05, 0) is 59.6 Å². The number of carbonyl (C=O) groups excluding carboxylic acids is 1. The van der Waals surface area contributed by atoms with E-state index in [1.165, 1.54) is 0 Å². The van der Waals surface area contributed by atoms with Gasteiger partial charge in [0.25, 0.3) is 0 Å². The molecule has 1 N–H and O–H groups in total. The lowest BCUT2D eigenvalue weighted by Gasteiger charge is -2.30. The summed E-state index contributed by atoms with van der Waals surface area (Å²) in [5.41, 5.74) is -0.417. The first-order valence-corrected chi connectivity index (χ1v) is 9.71. The Morgan fingerprint density at radius 1 is 1.36 bits per heavy atom. The molecule has 0 bridgehead atoms. The summed E-state index contributed by atoms with van der Waals surface area (Å²) in [5, 5.41) is 3.65. The van der Waals surface area contributed by atoms with Gasteiger partial charge in [-0.2, -0.15) is 11.8 Å². The predicted molar refractivity (Wildman–Crippen MR) is 95.6 cm³/mol.